The summed E-state index contributed by atoms with van der Waals surface area (Å²) in [6.07, 6.45) is 3.87. The Morgan fingerprint density at radius 3 is 2.56 bits per heavy atom. The Balaban J connectivity index is 1.24. The van der Waals surface area contributed by atoms with Crippen molar-refractivity contribution in [1.29, 1.82) is 0 Å². The van der Waals surface area contributed by atoms with Crippen molar-refractivity contribution in [3.63, 3.8) is 0 Å². The van der Waals surface area contributed by atoms with E-state index in [1.54, 1.807) is 24.3 Å². The highest BCUT2D eigenvalue weighted by Crippen LogP contribution is 2.21. The number of rotatable bonds is 11. The fraction of sp³-hybridized carbons (Fsp3) is 0.286. The van der Waals surface area contributed by atoms with Crippen LogP contribution in [0.5, 0.6) is 5.75 Å². The second-order valence-corrected chi connectivity index (χ2v) is 8.87. The van der Waals surface area contributed by atoms with Gasteiger partial charge in [-0.25, -0.2) is 4.98 Å². The predicted octanol–water partition coefficient (Wildman–Crippen LogP) is 5.95. The lowest BCUT2D eigenvalue weighted by Crippen LogP contribution is -2.29. The van der Waals surface area contributed by atoms with E-state index in [1.165, 1.54) is 16.6 Å². The van der Waals surface area contributed by atoms with Crippen LogP contribution in [0.3, 0.4) is 0 Å². The third-order valence-electron chi connectivity index (χ3n) is 5.91. The van der Waals surface area contributed by atoms with E-state index >= 15 is 0 Å². The number of ether oxygens (including phenoxy) is 1. The van der Waals surface area contributed by atoms with Gasteiger partial charge in [-0.3, -0.25) is 4.79 Å². The fourth-order valence-corrected chi connectivity index (χ4v) is 4.12. The van der Waals surface area contributed by atoms with E-state index in [-0.39, 0.29) is 12.5 Å². The number of aryl methyl sites for hydroxylation is 2. The molecule has 0 bridgehead atoms. The third kappa shape index (κ3) is 6.39. The minimum absolute atomic E-state index is 0.00452. The van der Waals surface area contributed by atoms with Gasteiger partial charge in [-0.15, -0.1) is 0 Å². The first-order chi connectivity index (χ1) is 16.6. The lowest BCUT2D eigenvalue weighted by Gasteiger charge is -2.12. The van der Waals surface area contributed by atoms with E-state index in [0.29, 0.717) is 17.3 Å². The SMILES string of the molecule is Cc1ccccc1Cn1c(CCCCCNC(=O)COc2ccc(Cl)cc2)nc2ccccc21. The average Bonchev–Trinajstić information content (AvgIpc) is 3.19. The topological polar surface area (TPSA) is 56.2 Å². The predicted molar refractivity (Wildman–Crippen MR) is 138 cm³/mol. The van der Waals surface area contributed by atoms with Gasteiger partial charge in [0.1, 0.15) is 11.6 Å². The molecule has 1 heterocycles. The largest absolute Gasteiger partial charge is 0.484 e. The Morgan fingerprint density at radius 1 is 0.971 bits per heavy atom. The fourth-order valence-electron chi connectivity index (χ4n) is 3.99. The molecular formula is C28H30ClN3O2. The first-order valence-electron chi connectivity index (χ1n) is 11.7. The summed E-state index contributed by atoms with van der Waals surface area (Å²) in [5.74, 6) is 1.63. The van der Waals surface area contributed by atoms with Gasteiger partial charge in [0.2, 0.25) is 0 Å². The molecule has 0 saturated carbocycles. The van der Waals surface area contributed by atoms with Crippen LogP contribution in [0.4, 0.5) is 0 Å². The molecule has 0 saturated heterocycles. The molecule has 4 rings (SSSR count). The smallest absolute Gasteiger partial charge is 0.257 e. The van der Waals surface area contributed by atoms with Gasteiger partial charge in [-0.1, -0.05) is 54.4 Å². The van der Waals surface area contributed by atoms with Gasteiger partial charge in [-0.2, -0.15) is 0 Å². The van der Waals surface area contributed by atoms with Gasteiger partial charge in [0.15, 0.2) is 6.61 Å². The second kappa shape index (κ2) is 11.7. The van der Waals surface area contributed by atoms with Crippen LogP contribution >= 0.6 is 11.6 Å². The van der Waals surface area contributed by atoms with E-state index < -0.39 is 0 Å². The molecule has 6 heteroatoms. The molecule has 34 heavy (non-hydrogen) atoms. The van der Waals surface area contributed by atoms with Crippen molar-refractivity contribution < 1.29 is 9.53 Å². The number of imidazole rings is 1. The number of carbonyl (C=O) groups is 1. The van der Waals surface area contributed by atoms with E-state index in [4.69, 9.17) is 21.3 Å². The van der Waals surface area contributed by atoms with Gasteiger partial charge < -0.3 is 14.6 Å². The van der Waals surface area contributed by atoms with Crippen LogP contribution in [0.15, 0.2) is 72.8 Å². The van der Waals surface area contributed by atoms with E-state index in [1.807, 2.05) is 6.07 Å². The standard InChI is InChI=1S/C28H30ClN3O2/c1-21-9-4-5-10-22(21)19-32-26-12-7-6-11-25(26)31-27(32)13-3-2-8-18-30-28(33)20-34-24-16-14-23(29)15-17-24/h4-7,9-12,14-17H,2-3,8,13,18-20H2,1H3,(H,30,33). The molecule has 176 valence electrons. The van der Waals surface area contributed by atoms with Crippen molar-refractivity contribution in [1.82, 2.24) is 14.9 Å². The number of unbranched alkanes of at least 4 members (excludes halogenated alkanes) is 2. The molecule has 5 nitrogen and oxygen atoms in total. The Hall–Kier alpha value is -3.31. The Morgan fingerprint density at radius 2 is 1.74 bits per heavy atom. The number of amides is 1. The quantitative estimate of drug-likeness (QED) is 0.272. The highest BCUT2D eigenvalue weighted by Gasteiger charge is 2.11. The van der Waals surface area contributed by atoms with Gasteiger partial charge in [-0.05, 0) is 67.3 Å². The van der Waals surface area contributed by atoms with Gasteiger partial charge >= 0.3 is 0 Å². The maximum atomic E-state index is 12.0. The zero-order valence-electron chi connectivity index (χ0n) is 19.5. The van der Waals surface area contributed by atoms with Crippen LogP contribution in [-0.4, -0.2) is 28.6 Å². The monoisotopic (exact) mass is 475 g/mol. The first kappa shape index (κ1) is 23.8. The van der Waals surface area contributed by atoms with Gasteiger partial charge in [0.25, 0.3) is 5.91 Å². The summed E-state index contributed by atoms with van der Waals surface area (Å²) < 4.78 is 7.82. The number of nitrogens with zero attached hydrogens (tertiary/aromatic N) is 2. The van der Waals surface area contributed by atoms with Crippen LogP contribution in [0.1, 0.15) is 36.2 Å². The molecule has 1 amide bonds. The van der Waals surface area contributed by atoms with Crippen LogP contribution in [0, 0.1) is 6.92 Å². The van der Waals surface area contributed by atoms with Gasteiger partial charge in [0.05, 0.1) is 11.0 Å². The van der Waals surface area contributed by atoms with Crippen molar-refractivity contribution in [2.75, 3.05) is 13.2 Å². The lowest BCUT2D eigenvalue weighted by atomic mass is 10.1. The van der Waals surface area contributed by atoms with Crippen molar-refractivity contribution in [3.8, 4) is 5.75 Å². The summed E-state index contributed by atoms with van der Waals surface area (Å²) in [5.41, 5.74) is 4.82. The van der Waals surface area contributed by atoms with Crippen molar-refractivity contribution in [2.45, 2.75) is 39.2 Å². The molecular weight excluding hydrogens is 446 g/mol. The molecule has 1 N–H and O–H groups in total. The zero-order valence-corrected chi connectivity index (χ0v) is 20.2. The number of aromatic nitrogens is 2. The first-order valence-corrected chi connectivity index (χ1v) is 12.1. The van der Waals surface area contributed by atoms with Crippen molar-refractivity contribution in [3.05, 3.63) is 94.8 Å². The van der Waals surface area contributed by atoms with Crippen LogP contribution < -0.4 is 10.1 Å². The maximum Gasteiger partial charge on any atom is 0.257 e. The Bertz CT molecular complexity index is 1230. The van der Waals surface area contributed by atoms with Crippen molar-refractivity contribution >= 4 is 28.5 Å². The molecule has 3 aromatic carbocycles. The lowest BCUT2D eigenvalue weighted by molar-refractivity contribution is -0.123. The number of benzene rings is 3. The van der Waals surface area contributed by atoms with Gasteiger partial charge in [0, 0.05) is 24.5 Å². The van der Waals surface area contributed by atoms with E-state index in [9.17, 15) is 4.79 Å². The number of para-hydroxylation sites is 2. The second-order valence-electron chi connectivity index (χ2n) is 8.43. The molecule has 0 aliphatic heterocycles. The normalized spacial score (nSPS) is 11.0. The highest BCUT2D eigenvalue weighted by atomic mass is 35.5. The average molecular weight is 476 g/mol. The summed E-state index contributed by atoms with van der Waals surface area (Å²) in [6.45, 7) is 3.63. The molecule has 0 spiro atoms. The number of fused-ring (bicyclic) bond motifs is 1. The molecule has 0 aliphatic rings. The highest BCUT2D eigenvalue weighted by molar-refractivity contribution is 6.30. The molecule has 1 aromatic heterocycles. The molecule has 0 aliphatic carbocycles. The number of hydrogen-bond acceptors (Lipinski definition) is 3. The Kier molecular flexibility index (Phi) is 8.21. The van der Waals surface area contributed by atoms with Crippen LogP contribution in [-0.2, 0) is 17.8 Å². The molecule has 0 atom stereocenters. The maximum absolute atomic E-state index is 12.0. The van der Waals surface area contributed by atoms with Crippen LogP contribution in [0.25, 0.3) is 11.0 Å². The number of carbonyl (C=O) groups excluding carboxylic acids is 1. The van der Waals surface area contributed by atoms with E-state index in [2.05, 4.69) is 59.3 Å². The van der Waals surface area contributed by atoms with Crippen molar-refractivity contribution in [2.24, 2.45) is 0 Å². The summed E-state index contributed by atoms with van der Waals surface area (Å²) >= 11 is 5.86. The summed E-state index contributed by atoms with van der Waals surface area (Å²) in [7, 11) is 0. The molecule has 0 radical (unpaired) electrons. The van der Waals surface area contributed by atoms with Crippen LogP contribution in [0.2, 0.25) is 5.02 Å². The molecule has 4 aromatic rings. The zero-order chi connectivity index (χ0) is 23.8. The molecule has 0 fully saturated rings. The number of nitrogens with one attached hydrogen (secondary N) is 1. The summed E-state index contributed by atoms with van der Waals surface area (Å²) in [5, 5.41) is 3.57. The summed E-state index contributed by atoms with van der Waals surface area (Å²) in [4.78, 5) is 16.9. The van der Waals surface area contributed by atoms with E-state index in [0.717, 1.165) is 43.6 Å². The number of hydrogen-bond donors (Lipinski definition) is 1. The third-order valence-corrected chi connectivity index (χ3v) is 6.16. The minimum Gasteiger partial charge on any atom is -0.484 e. The minimum atomic E-state index is -0.116. The molecule has 0 unspecified atom stereocenters. The number of halogens is 1. The summed E-state index contributed by atoms with van der Waals surface area (Å²) in [6, 6.07) is 23.8. The Labute approximate surface area is 205 Å².